The van der Waals surface area contributed by atoms with Crippen molar-refractivity contribution in [2.45, 2.75) is 0 Å². The van der Waals surface area contributed by atoms with Crippen LogP contribution in [-0.2, 0) is 0 Å². The van der Waals surface area contributed by atoms with E-state index in [4.69, 9.17) is 0 Å². The van der Waals surface area contributed by atoms with E-state index in [0.29, 0.717) is 0 Å². The summed E-state index contributed by atoms with van der Waals surface area (Å²) in [6, 6.07) is 17.7. The van der Waals surface area contributed by atoms with Gasteiger partial charge in [-0.25, -0.2) is 0 Å². The Kier molecular flexibility index (Phi) is 2.08. The number of hydrogen-bond donors (Lipinski definition) is 0. The third kappa shape index (κ3) is 1.34. The number of benzene rings is 3. The Morgan fingerprint density at radius 2 is 1.61 bits per heavy atom. The van der Waals surface area contributed by atoms with E-state index < -0.39 is 0 Å². The highest BCUT2D eigenvalue weighted by Crippen LogP contribution is 2.27. The van der Waals surface area contributed by atoms with Gasteiger partial charge in [0.05, 0.1) is 9.13 Å². The van der Waals surface area contributed by atoms with Crippen LogP contribution in [0.5, 0.6) is 0 Å². The van der Waals surface area contributed by atoms with Gasteiger partial charge < -0.3 is 0 Å². The second-order valence-corrected chi connectivity index (χ2v) is 5.74. The summed E-state index contributed by atoms with van der Waals surface area (Å²) in [5, 5.41) is 6.87. The molecule has 0 aromatic heterocycles. The standard InChI is InChI=1S/C17H11Si/c1-2-5-13-12(4-1)7-8-15-14(13)9-10-17-16(15)6-3-11-18-17/h1-11H. The van der Waals surface area contributed by atoms with Crippen molar-refractivity contribution in [3.8, 4) is 0 Å². The van der Waals surface area contributed by atoms with Crippen molar-refractivity contribution in [1.82, 2.24) is 0 Å². The van der Waals surface area contributed by atoms with Gasteiger partial charge in [-0.2, -0.15) is 0 Å². The maximum Gasteiger partial charge on any atom is 0.0606 e. The first-order valence-electron chi connectivity index (χ1n) is 6.14. The Bertz CT molecular complexity index is 826. The molecule has 0 amide bonds. The van der Waals surface area contributed by atoms with E-state index in [2.05, 4.69) is 66.4 Å². The smallest absolute Gasteiger partial charge is 0.0606 e. The maximum absolute atomic E-state index is 2.28. The van der Waals surface area contributed by atoms with E-state index in [9.17, 15) is 0 Å². The van der Waals surface area contributed by atoms with E-state index in [0.717, 1.165) is 9.13 Å². The predicted octanol–water partition coefficient (Wildman–Crippen LogP) is 3.15. The van der Waals surface area contributed by atoms with Crippen molar-refractivity contribution >= 4 is 47.6 Å². The Balaban J connectivity index is 2.23. The summed E-state index contributed by atoms with van der Waals surface area (Å²) in [4.78, 5) is 0. The molecular weight excluding hydrogens is 232 g/mol. The molecule has 0 saturated heterocycles. The van der Waals surface area contributed by atoms with E-state index in [1.54, 1.807) is 0 Å². The molecule has 0 N–H and O–H groups in total. The van der Waals surface area contributed by atoms with Crippen LogP contribution in [0.25, 0.3) is 27.6 Å². The average Bonchev–Trinajstić information content (AvgIpc) is 2.46. The third-order valence-corrected chi connectivity index (χ3v) is 4.67. The van der Waals surface area contributed by atoms with Crippen molar-refractivity contribution in [3.63, 3.8) is 0 Å². The highest BCUT2D eigenvalue weighted by molar-refractivity contribution is 6.65. The SMILES string of the molecule is C1=Cc2c(ccc3c2ccc2ccccc23)[Si]=C1. The molecule has 1 aliphatic rings. The molecule has 0 unspecified atom stereocenters. The van der Waals surface area contributed by atoms with Crippen molar-refractivity contribution in [2.75, 3.05) is 0 Å². The first kappa shape index (κ1) is 9.98. The minimum absolute atomic E-state index is 0.801. The van der Waals surface area contributed by atoms with Crippen LogP contribution in [0.15, 0.2) is 54.6 Å². The van der Waals surface area contributed by atoms with Crippen LogP contribution < -0.4 is 5.19 Å². The van der Waals surface area contributed by atoms with Crippen LogP contribution in [0.1, 0.15) is 5.56 Å². The fraction of sp³-hybridized carbons (Fsp3) is 0. The molecule has 1 radical (unpaired) electrons. The van der Waals surface area contributed by atoms with Crippen molar-refractivity contribution < 1.29 is 0 Å². The Morgan fingerprint density at radius 1 is 0.722 bits per heavy atom. The van der Waals surface area contributed by atoms with Crippen molar-refractivity contribution in [3.05, 3.63) is 60.2 Å². The van der Waals surface area contributed by atoms with Gasteiger partial charge in [0.15, 0.2) is 0 Å². The van der Waals surface area contributed by atoms with Gasteiger partial charge in [0, 0.05) is 0 Å². The zero-order chi connectivity index (χ0) is 11.9. The number of hydrogen-bond acceptors (Lipinski definition) is 0. The molecule has 0 fully saturated rings. The molecular formula is C17H11Si. The van der Waals surface area contributed by atoms with Crippen LogP contribution in [0, 0.1) is 0 Å². The highest BCUT2D eigenvalue weighted by Gasteiger charge is 2.07. The quantitative estimate of drug-likeness (QED) is 0.420. The molecule has 1 aliphatic heterocycles. The summed E-state index contributed by atoms with van der Waals surface area (Å²) in [6.07, 6.45) is 4.42. The molecule has 4 rings (SSSR count). The lowest BCUT2D eigenvalue weighted by Gasteiger charge is -2.11. The Hall–Kier alpha value is -1.99. The lowest BCUT2D eigenvalue weighted by atomic mass is 9.98. The van der Waals surface area contributed by atoms with E-state index >= 15 is 0 Å². The molecule has 1 heterocycles. The molecule has 0 spiro atoms. The largest absolute Gasteiger partial charge is 0.0766 e. The summed E-state index contributed by atoms with van der Waals surface area (Å²) in [5.74, 6) is 0. The van der Waals surface area contributed by atoms with Gasteiger partial charge in [0.25, 0.3) is 0 Å². The topological polar surface area (TPSA) is 0 Å². The highest BCUT2D eigenvalue weighted by atomic mass is 28.2. The maximum atomic E-state index is 2.28. The molecule has 83 valence electrons. The van der Waals surface area contributed by atoms with E-state index in [-0.39, 0.29) is 0 Å². The molecule has 3 aromatic rings. The number of allylic oxidation sites excluding steroid dienone is 1. The minimum atomic E-state index is 0.801. The van der Waals surface area contributed by atoms with Gasteiger partial charge in [-0.3, -0.25) is 0 Å². The van der Waals surface area contributed by atoms with Gasteiger partial charge in [0.1, 0.15) is 0 Å². The fourth-order valence-electron chi connectivity index (χ4n) is 2.70. The number of rotatable bonds is 0. The van der Waals surface area contributed by atoms with Gasteiger partial charge in [-0.15, -0.1) is 0 Å². The zero-order valence-corrected chi connectivity index (χ0v) is 10.9. The first-order chi connectivity index (χ1) is 8.93. The monoisotopic (exact) mass is 243 g/mol. The van der Waals surface area contributed by atoms with Crippen LogP contribution >= 0.6 is 0 Å². The van der Waals surface area contributed by atoms with Gasteiger partial charge in [-0.1, -0.05) is 66.4 Å². The molecule has 0 atom stereocenters. The van der Waals surface area contributed by atoms with Gasteiger partial charge in [-0.05, 0) is 32.3 Å². The lowest BCUT2D eigenvalue weighted by molar-refractivity contribution is 1.77. The van der Waals surface area contributed by atoms with Crippen LogP contribution in [0.3, 0.4) is 0 Å². The summed E-state index contributed by atoms with van der Waals surface area (Å²) in [6.45, 7) is 0. The van der Waals surface area contributed by atoms with Crippen LogP contribution in [-0.4, -0.2) is 14.8 Å². The zero-order valence-electron chi connectivity index (χ0n) is 9.85. The van der Waals surface area contributed by atoms with Crippen molar-refractivity contribution in [1.29, 1.82) is 0 Å². The van der Waals surface area contributed by atoms with Crippen LogP contribution in [0.4, 0.5) is 0 Å². The van der Waals surface area contributed by atoms with Crippen LogP contribution in [0.2, 0.25) is 0 Å². The molecule has 0 saturated carbocycles. The molecule has 0 bridgehead atoms. The van der Waals surface area contributed by atoms with E-state index in [1.165, 1.54) is 32.3 Å². The Morgan fingerprint density at radius 3 is 2.61 bits per heavy atom. The molecule has 0 nitrogen and oxygen atoms in total. The number of fused-ring (bicyclic) bond motifs is 5. The second kappa shape index (κ2) is 3.75. The van der Waals surface area contributed by atoms with E-state index in [1.807, 2.05) is 0 Å². The summed E-state index contributed by atoms with van der Waals surface area (Å²) in [7, 11) is 0.801. The normalized spacial score (nSPS) is 13.1. The molecule has 18 heavy (non-hydrogen) atoms. The molecule has 3 aromatic carbocycles. The fourth-order valence-corrected chi connectivity index (χ4v) is 3.62. The summed E-state index contributed by atoms with van der Waals surface area (Å²) < 4.78 is 0. The van der Waals surface area contributed by atoms with Crippen molar-refractivity contribution in [2.24, 2.45) is 0 Å². The minimum Gasteiger partial charge on any atom is -0.0766 e. The first-order valence-corrected chi connectivity index (χ1v) is 7.22. The predicted molar refractivity (Wildman–Crippen MR) is 81.9 cm³/mol. The summed E-state index contributed by atoms with van der Waals surface area (Å²) >= 11 is 0. The second-order valence-electron chi connectivity index (χ2n) is 4.58. The van der Waals surface area contributed by atoms with Gasteiger partial charge in [0.2, 0.25) is 0 Å². The third-order valence-electron chi connectivity index (χ3n) is 3.57. The molecule has 0 aliphatic carbocycles. The Labute approximate surface area is 108 Å². The average molecular weight is 243 g/mol. The summed E-state index contributed by atoms with van der Waals surface area (Å²) in [5.41, 5.74) is 3.65. The van der Waals surface area contributed by atoms with Gasteiger partial charge >= 0.3 is 0 Å². The lowest BCUT2D eigenvalue weighted by Crippen LogP contribution is -2.15. The molecule has 1 heteroatoms.